The standard InChI is InChI=1S/C23H31FN4O3S/c1-27(2)22-11-10-20(32(30,31)28-14-4-3-5-15-28)16-21(22)26-17-23(29)25-13-12-18-6-8-19(24)9-7-18/h6-11,16,26H,3-5,12-15,17H2,1-2H3,(H,25,29). The molecule has 0 unspecified atom stereocenters. The Bertz CT molecular complexity index is 1020. The van der Waals surface area contributed by atoms with E-state index in [1.54, 1.807) is 30.3 Å². The van der Waals surface area contributed by atoms with Gasteiger partial charge in [0.05, 0.1) is 22.8 Å². The topological polar surface area (TPSA) is 81.8 Å². The van der Waals surface area contributed by atoms with Gasteiger partial charge in [0.2, 0.25) is 15.9 Å². The van der Waals surface area contributed by atoms with Crippen LogP contribution in [0.3, 0.4) is 0 Å². The molecule has 2 N–H and O–H groups in total. The molecule has 3 rings (SSSR count). The molecule has 32 heavy (non-hydrogen) atoms. The predicted octanol–water partition coefficient (Wildman–Crippen LogP) is 2.84. The molecule has 0 radical (unpaired) electrons. The van der Waals surface area contributed by atoms with Crippen LogP contribution < -0.4 is 15.5 Å². The molecule has 1 aliphatic heterocycles. The third kappa shape index (κ3) is 6.20. The van der Waals surface area contributed by atoms with E-state index in [0.29, 0.717) is 31.7 Å². The van der Waals surface area contributed by atoms with Crippen molar-refractivity contribution in [2.75, 3.05) is 50.5 Å². The Morgan fingerprint density at radius 3 is 2.41 bits per heavy atom. The van der Waals surface area contributed by atoms with Crippen molar-refractivity contribution in [1.82, 2.24) is 9.62 Å². The lowest BCUT2D eigenvalue weighted by atomic mass is 10.1. The molecule has 0 spiro atoms. The van der Waals surface area contributed by atoms with Crippen LogP contribution in [0.15, 0.2) is 47.4 Å². The quantitative estimate of drug-likeness (QED) is 0.599. The lowest BCUT2D eigenvalue weighted by Crippen LogP contribution is -2.35. The van der Waals surface area contributed by atoms with Gasteiger partial charge in [0, 0.05) is 33.7 Å². The first kappa shape index (κ1) is 24.0. The van der Waals surface area contributed by atoms with E-state index in [1.807, 2.05) is 19.0 Å². The zero-order valence-electron chi connectivity index (χ0n) is 18.6. The highest BCUT2D eigenvalue weighted by atomic mass is 32.2. The van der Waals surface area contributed by atoms with Gasteiger partial charge in [-0.2, -0.15) is 4.31 Å². The molecule has 0 atom stereocenters. The molecule has 1 saturated heterocycles. The number of nitrogens with zero attached hydrogens (tertiary/aromatic N) is 2. The van der Waals surface area contributed by atoms with Crippen LogP contribution in [0.4, 0.5) is 15.8 Å². The van der Waals surface area contributed by atoms with Gasteiger partial charge in [-0.05, 0) is 55.2 Å². The van der Waals surface area contributed by atoms with Gasteiger partial charge in [0.1, 0.15) is 5.82 Å². The molecule has 0 aliphatic carbocycles. The number of carbonyl (C=O) groups excluding carboxylic acids is 1. The summed E-state index contributed by atoms with van der Waals surface area (Å²) in [5.74, 6) is -0.496. The lowest BCUT2D eigenvalue weighted by Gasteiger charge is -2.27. The number of hydrogen-bond acceptors (Lipinski definition) is 5. The van der Waals surface area contributed by atoms with Crippen LogP contribution in [0.5, 0.6) is 0 Å². The maximum Gasteiger partial charge on any atom is 0.243 e. The minimum absolute atomic E-state index is 0.0114. The monoisotopic (exact) mass is 462 g/mol. The molecule has 174 valence electrons. The first-order valence-electron chi connectivity index (χ1n) is 10.8. The van der Waals surface area contributed by atoms with Crippen LogP contribution >= 0.6 is 0 Å². The third-order valence-electron chi connectivity index (χ3n) is 5.49. The molecule has 1 aliphatic rings. The smallest absolute Gasteiger partial charge is 0.243 e. The second kappa shape index (κ2) is 10.8. The fourth-order valence-electron chi connectivity index (χ4n) is 3.70. The van der Waals surface area contributed by atoms with Crippen LogP contribution in [0, 0.1) is 5.82 Å². The van der Waals surface area contributed by atoms with E-state index in [-0.39, 0.29) is 23.2 Å². The maximum absolute atomic E-state index is 13.0. The molecule has 0 saturated carbocycles. The van der Waals surface area contributed by atoms with Crippen molar-refractivity contribution in [2.45, 2.75) is 30.6 Å². The van der Waals surface area contributed by atoms with E-state index in [0.717, 1.165) is 30.5 Å². The summed E-state index contributed by atoms with van der Waals surface area (Å²) >= 11 is 0. The highest BCUT2D eigenvalue weighted by Crippen LogP contribution is 2.29. The Kier molecular flexibility index (Phi) is 8.09. The van der Waals surface area contributed by atoms with E-state index >= 15 is 0 Å². The largest absolute Gasteiger partial charge is 0.376 e. The van der Waals surface area contributed by atoms with E-state index < -0.39 is 10.0 Å². The SMILES string of the molecule is CN(C)c1ccc(S(=O)(=O)N2CCCCC2)cc1NCC(=O)NCCc1ccc(F)cc1. The number of halogens is 1. The number of rotatable bonds is 9. The van der Waals surface area contributed by atoms with Crippen LogP contribution in [0.25, 0.3) is 0 Å². The van der Waals surface area contributed by atoms with E-state index in [2.05, 4.69) is 10.6 Å². The number of piperidine rings is 1. The summed E-state index contributed by atoms with van der Waals surface area (Å²) < 4.78 is 40.6. The summed E-state index contributed by atoms with van der Waals surface area (Å²) in [6, 6.07) is 11.2. The van der Waals surface area contributed by atoms with Gasteiger partial charge in [-0.25, -0.2) is 12.8 Å². The first-order valence-corrected chi connectivity index (χ1v) is 12.3. The summed E-state index contributed by atoms with van der Waals surface area (Å²) in [7, 11) is 0.160. The number of carbonyl (C=O) groups is 1. The minimum Gasteiger partial charge on any atom is -0.376 e. The van der Waals surface area contributed by atoms with E-state index in [1.165, 1.54) is 16.4 Å². The number of amides is 1. The number of benzene rings is 2. The van der Waals surface area contributed by atoms with Crippen molar-refractivity contribution in [3.63, 3.8) is 0 Å². The Labute approximate surface area is 189 Å². The minimum atomic E-state index is -3.57. The molecule has 1 fully saturated rings. The Morgan fingerprint density at radius 2 is 1.75 bits per heavy atom. The molecular weight excluding hydrogens is 431 g/mol. The zero-order valence-corrected chi connectivity index (χ0v) is 19.4. The average Bonchev–Trinajstić information content (AvgIpc) is 2.79. The van der Waals surface area contributed by atoms with Crippen LogP contribution in [0.1, 0.15) is 24.8 Å². The molecule has 2 aromatic carbocycles. The molecule has 0 aromatic heterocycles. The van der Waals surface area contributed by atoms with Gasteiger partial charge in [-0.3, -0.25) is 4.79 Å². The highest BCUT2D eigenvalue weighted by molar-refractivity contribution is 7.89. The lowest BCUT2D eigenvalue weighted by molar-refractivity contribution is -0.119. The van der Waals surface area contributed by atoms with Crippen LogP contribution in [-0.2, 0) is 21.2 Å². The van der Waals surface area contributed by atoms with E-state index in [9.17, 15) is 17.6 Å². The molecule has 1 amide bonds. The van der Waals surface area contributed by atoms with Crippen molar-refractivity contribution in [3.05, 3.63) is 53.8 Å². The van der Waals surface area contributed by atoms with Gasteiger partial charge >= 0.3 is 0 Å². The van der Waals surface area contributed by atoms with Crippen molar-refractivity contribution in [3.8, 4) is 0 Å². The zero-order chi connectivity index (χ0) is 23.1. The summed E-state index contributed by atoms with van der Waals surface area (Å²) in [6.45, 7) is 1.52. The third-order valence-corrected chi connectivity index (χ3v) is 7.39. The van der Waals surface area contributed by atoms with Gasteiger partial charge < -0.3 is 15.5 Å². The second-order valence-electron chi connectivity index (χ2n) is 8.12. The van der Waals surface area contributed by atoms with Crippen molar-refractivity contribution in [2.24, 2.45) is 0 Å². The van der Waals surface area contributed by atoms with Gasteiger partial charge in [0.15, 0.2) is 0 Å². The van der Waals surface area contributed by atoms with Crippen LogP contribution in [0.2, 0.25) is 0 Å². The molecule has 7 nitrogen and oxygen atoms in total. The van der Waals surface area contributed by atoms with Crippen LogP contribution in [-0.4, -0.2) is 58.9 Å². The molecule has 1 heterocycles. The number of nitrogens with one attached hydrogen (secondary N) is 2. The molecule has 9 heteroatoms. The molecule has 2 aromatic rings. The van der Waals surface area contributed by atoms with Gasteiger partial charge in [0.25, 0.3) is 0 Å². The summed E-state index contributed by atoms with van der Waals surface area (Å²) in [5, 5.41) is 5.91. The predicted molar refractivity (Wildman–Crippen MR) is 125 cm³/mol. The van der Waals surface area contributed by atoms with Gasteiger partial charge in [-0.15, -0.1) is 0 Å². The fourth-order valence-corrected chi connectivity index (χ4v) is 5.24. The number of hydrogen-bond donors (Lipinski definition) is 2. The average molecular weight is 463 g/mol. The summed E-state index contributed by atoms with van der Waals surface area (Å²) in [6.07, 6.45) is 3.39. The van der Waals surface area contributed by atoms with Crippen molar-refractivity contribution in [1.29, 1.82) is 0 Å². The van der Waals surface area contributed by atoms with Crippen molar-refractivity contribution < 1.29 is 17.6 Å². The van der Waals surface area contributed by atoms with E-state index in [4.69, 9.17) is 0 Å². The highest BCUT2D eigenvalue weighted by Gasteiger charge is 2.26. The maximum atomic E-state index is 13.0. The Balaban J connectivity index is 1.63. The molecule has 0 bridgehead atoms. The number of sulfonamides is 1. The Morgan fingerprint density at radius 1 is 1.06 bits per heavy atom. The molecular formula is C23H31FN4O3S. The van der Waals surface area contributed by atoms with Gasteiger partial charge in [-0.1, -0.05) is 18.6 Å². The second-order valence-corrected chi connectivity index (χ2v) is 10.1. The fraction of sp³-hybridized carbons (Fsp3) is 0.435. The number of anilines is 2. The first-order chi connectivity index (χ1) is 15.3. The summed E-state index contributed by atoms with van der Waals surface area (Å²) in [5.41, 5.74) is 2.31. The normalized spacial score (nSPS) is 14.7. The summed E-state index contributed by atoms with van der Waals surface area (Å²) in [4.78, 5) is 14.4. The van der Waals surface area contributed by atoms with Crippen molar-refractivity contribution >= 4 is 27.3 Å². The Hall–Kier alpha value is -2.65.